The number of benzene rings is 1. The highest BCUT2D eigenvalue weighted by atomic mass is 35.5. The van der Waals surface area contributed by atoms with E-state index in [1.54, 1.807) is 12.1 Å². The summed E-state index contributed by atoms with van der Waals surface area (Å²) in [7, 11) is 0. The molecule has 0 unspecified atom stereocenters. The SMILES string of the molecule is Cl.Oc1ccc([C@H]2CCCN2)cc1. The van der Waals surface area contributed by atoms with Crippen molar-refractivity contribution in [2.45, 2.75) is 18.9 Å². The molecule has 1 heterocycles. The van der Waals surface area contributed by atoms with Crippen LogP contribution in [0.25, 0.3) is 0 Å². The van der Waals surface area contributed by atoms with Gasteiger partial charge in [-0.2, -0.15) is 0 Å². The van der Waals surface area contributed by atoms with Gasteiger partial charge in [0.1, 0.15) is 5.75 Å². The summed E-state index contributed by atoms with van der Waals surface area (Å²) in [4.78, 5) is 0. The first-order valence-electron chi connectivity index (χ1n) is 4.38. The average Bonchev–Trinajstić information content (AvgIpc) is 2.58. The standard InChI is InChI=1S/C10H13NO.ClH/c12-9-5-3-8(4-6-9)10-2-1-7-11-10;/h3-6,10-12H,1-2,7H2;1H/t10-;/m1./s1. The summed E-state index contributed by atoms with van der Waals surface area (Å²) in [6.45, 7) is 1.12. The number of aromatic hydroxyl groups is 1. The zero-order valence-electron chi connectivity index (χ0n) is 7.36. The second kappa shape index (κ2) is 4.49. The van der Waals surface area contributed by atoms with Gasteiger partial charge in [-0.3, -0.25) is 0 Å². The van der Waals surface area contributed by atoms with Gasteiger partial charge in [0, 0.05) is 6.04 Å². The molecule has 13 heavy (non-hydrogen) atoms. The molecule has 2 nitrogen and oxygen atoms in total. The molecule has 1 aliphatic heterocycles. The Morgan fingerprint density at radius 2 is 1.92 bits per heavy atom. The largest absolute Gasteiger partial charge is 0.508 e. The quantitative estimate of drug-likeness (QED) is 0.727. The molecule has 72 valence electrons. The van der Waals surface area contributed by atoms with Crippen LogP contribution in [-0.4, -0.2) is 11.7 Å². The van der Waals surface area contributed by atoms with Crippen LogP contribution >= 0.6 is 12.4 Å². The first kappa shape index (κ1) is 10.4. The Morgan fingerprint density at radius 1 is 1.23 bits per heavy atom. The predicted molar refractivity (Wildman–Crippen MR) is 55.3 cm³/mol. The number of phenols is 1. The maximum Gasteiger partial charge on any atom is 0.115 e. The molecule has 0 spiro atoms. The number of hydrogen-bond acceptors (Lipinski definition) is 2. The molecule has 2 N–H and O–H groups in total. The second-order valence-corrected chi connectivity index (χ2v) is 3.24. The van der Waals surface area contributed by atoms with E-state index in [1.807, 2.05) is 12.1 Å². The molecule has 3 heteroatoms. The van der Waals surface area contributed by atoms with E-state index < -0.39 is 0 Å². The fourth-order valence-corrected chi connectivity index (χ4v) is 1.68. The van der Waals surface area contributed by atoms with Gasteiger partial charge in [0.05, 0.1) is 0 Å². The van der Waals surface area contributed by atoms with E-state index in [9.17, 15) is 0 Å². The first-order valence-corrected chi connectivity index (χ1v) is 4.38. The van der Waals surface area contributed by atoms with Gasteiger partial charge in [-0.05, 0) is 37.1 Å². The molecule has 1 aliphatic rings. The van der Waals surface area contributed by atoms with Crippen molar-refractivity contribution in [2.24, 2.45) is 0 Å². The van der Waals surface area contributed by atoms with Gasteiger partial charge in [-0.15, -0.1) is 12.4 Å². The van der Waals surface area contributed by atoms with Gasteiger partial charge in [0.2, 0.25) is 0 Å². The van der Waals surface area contributed by atoms with Crippen LogP contribution in [-0.2, 0) is 0 Å². The highest BCUT2D eigenvalue weighted by Crippen LogP contribution is 2.23. The Bertz CT molecular complexity index is 254. The van der Waals surface area contributed by atoms with Crippen LogP contribution in [0.3, 0.4) is 0 Å². The predicted octanol–water partition coefficient (Wildman–Crippen LogP) is 2.24. The van der Waals surface area contributed by atoms with E-state index in [-0.39, 0.29) is 12.4 Å². The second-order valence-electron chi connectivity index (χ2n) is 3.24. The normalized spacial score (nSPS) is 21.1. The van der Waals surface area contributed by atoms with Crippen LogP contribution < -0.4 is 5.32 Å². The Balaban J connectivity index is 0.000000845. The summed E-state index contributed by atoms with van der Waals surface area (Å²) >= 11 is 0. The Labute approximate surface area is 84.4 Å². The van der Waals surface area contributed by atoms with Gasteiger partial charge < -0.3 is 10.4 Å². The molecule has 0 aliphatic carbocycles. The van der Waals surface area contributed by atoms with Crippen LogP contribution in [0, 0.1) is 0 Å². The van der Waals surface area contributed by atoms with Crippen LogP contribution in [0.1, 0.15) is 24.4 Å². The highest BCUT2D eigenvalue weighted by molar-refractivity contribution is 5.85. The number of phenolic OH excluding ortho intramolecular Hbond substituents is 1. The molecule has 1 fully saturated rings. The van der Waals surface area contributed by atoms with Crippen molar-refractivity contribution in [2.75, 3.05) is 6.54 Å². The van der Waals surface area contributed by atoms with Crippen molar-refractivity contribution in [1.29, 1.82) is 0 Å². The summed E-state index contributed by atoms with van der Waals surface area (Å²) in [5.41, 5.74) is 1.28. The van der Waals surface area contributed by atoms with Crippen LogP contribution in [0.2, 0.25) is 0 Å². The average molecular weight is 200 g/mol. The third-order valence-corrected chi connectivity index (χ3v) is 2.36. The minimum Gasteiger partial charge on any atom is -0.508 e. The zero-order chi connectivity index (χ0) is 8.39. The minimum atomic E-state index is 0. The molecule has 2 rings (SSSR count). The van der Waals surface area contributed by atoms with E-state index in [0.29, 0.717) is 11.8 Å². The number of halogens is 1. The molecule has 1 aromatic rings. The van der Waals surface area contributed by atoms with Crippen LogP contribution in [0.5, 0.6) is 5.75 Å². The lowest BCUT2D eigenvalue weighted by molar-refractivity contribution is 0.474. The third kappa shape index (κ3) is 2.36. The summed E-state index contributed by atoms with van der Waals surface area (Å²) < 4.78 is 0. The highest BCUT2D eigenvalue weighted by Gasteiger charge is 2.15. The number of nitrogens with one attached hydrogen (secondary N) is 1. The number of hydrogen-bond donors (Lipinski definition) is 2. The third-order valence-electron chi connectivity index (χ3n) is 2.36. The first-order chi connectivity index (χ1) is 5.86. The minimum absolute atomic E-state index is 0. The lowest BCUT2D eigenvalue weighted by atomic mass is 10.1. The smallest absolute Gasteiger partial charge is 0.115 e. The Hall–Kier alpha value is -0.730. The molecule has 1 atom stereocenters. The van der Waals surface area contributed by atoms with Crippen molar-refractivity contribution in [3.05, 3.63) is 29.8 Å². The zero-order valence-corrected chi connectivity index (χ0v) is 8.18. The van der Waals surface area contributed by atoms with Crippen molar-refractivity contribution in [3.63, 3.8) is 0 Å². The molecule has 0 aromatic heterocycles. The fourth-order valence-electron chi connectivity index (χ4n) is 1.68. The Kier molecular flexibility index (Phi) is 3.58. The van der Waals surface area contributed by atoms with Crippen molar-refractivity contribution < 1.29 is 5.11 Å². The van der Waals surface area contributed by atoms with Gasteiger partial charge >= 0.3 is 0 Å². The Morgan fingerprint density at radius 3 is 2.46 bits per heavy atom. The summed E-state index contributed by atoms with van der Waals surface area (Å²) in [6.07, 6.45) is 2.47. The van der Waals surface area contributed by atoms with E-state index in [4.69, 9.17) is 5.11 Å². The molecular formula is C10H14ClNO. The van der Waals surface area contributed by atoms with E-state index >= 15 is 0 Å². The number of rotatable bonds is 1. The van der Waals surface area contributed by atoms with Crippen LogP contribution in [0.4, 0.5) is 0 Å². The van der Waals surface area contributed by atoms with Crippen LogP contribution in [0.15, 0.2) is 24.3 Å². The van der Waals surface area contributed by atoms with Crippen molar-refractivity contribution in [3.8, 4) is 5.75 Å². The van der Waals surface area contributed by atoms with E-state index in [2.05, 4.69) is 5.32 Å². The monoisotopic (exact) mass is 199 g/mol. The molecule has 1 aromatic carbocycles. The topological polar surface area (TPSA) is 32.3 Å². The fraction of sp³-hybridized carbons (Fsp3) is 0.400. The van der Waals surface area contributed by atoms with Crippen molar-refractivity contribution in [1.82, 2.24) is 5.32 Å². The van der Waals surface area contributed by atoms with E-state index in [0.717, 1.165) is 6.54 Å². The summed E-state index contributed by atoms with van der Waals surface area (Å²) in [6, 6.07) is 7.96. The molecule has 0 bridgehead atoms. The molecule has 0 amide bonds. The van der Waals surface area contributed by atoms with Gasteiger partial charge in [-0.25, -0.2) is 0 Å². The molecular weight excluding hydrogens is 186 g/mol. The maximum absolute atomic E-state index is 9.08. The maximum atomic E-state index is 9.08. The van der Waals surface area contributed by atoms with E-state index in [1.165, 1.54) is 18.4 Å². The lowest BCUT2D eigenvalue weighted by Gasteiger charge is -2.09. The van der Waals surface area contributed by atoms with Gasteiger partial charge in [-0.1, -0.05) is 12.1 Å². The molecule has 1 saturated heterocycles. The summed E-state index contributed by atoms with van der Waals surface area (Å²) in [5, 5.41) is 12.5. The molecule has 0 radical (unpaired) electrons. The lowest BCUT2D eigenvalue weighted by Crippen LogP contribution is -2.12. The van der Waals surface area contributed by atoms with Gasteiger partial charge in [0.15, 0.2) is 0 Å². The molecule has 0 saturated carbocycles. The van der Waals surface area contributed by atoms with Gasteiger partial charge in [0.25, 0.3) is 0 Å². The van der Waals surface area contributed by atoms with Crippen molar-refractivity contribution >= 4 is 12.4 Å². The summed E-state index contributed by atoms with van der Waals surface area (Å²) in [5.74, 6) is 0.344.